The van der Waals surface area contributed by atoms with Crippen molar-refractivity contribution in [3.8, 4) is 5.75 Å². The molecule has 3 unspecified atom stereocenters. The minimum Gasteiger partial charge on any atom is -0.756 e. The van der Waals surface area contributed by atoms with E-state index in [0.717, 1.165) is 4.57 Å². The summed E-state index contributed by atoms with van der Waals surface area (Å²) >= 11 is 0. The largest absolute Gasteiger partial charge is 0.756 e. The monoisotopic (exact) mass is 538 g/mol. The van der Waals surface area contributed by atoms with Gasteiger partial charge in [-0.2, -0.15) is 0 Å². The third-order valence-corrected chi connectivity index (χ3v) is 6.23. The number of carbonyl (C=O) groups is 1. The fourth-order valence-electron chi connectivity index (χ4n) is 3.35. The maximum atomic E-state index is 12.3. The Morgan fingerprint density at radius 3 is 2.68 bits per heavy atom. The van der Waals surface area contributed by atoms with Crippen molar-refractivity contribution >= 4 is 13.8 Å². The Hall–Kier alpha value is -3.29. The van der Waals surface area contributed by atoms with Crippen molar-refractivity contribution in [2.75, 3.05) is 0 Å². The van der Waals surface area contributed by atoms with E-state index in [1.807, 2.05) is 0 Å². The number of carbonyl (C=O) groups excluding carboxylic acids is 1. The molecule has 0 spiro atoms. The fraction of sp³-hybridized carbons (Fsp3) is 0.476. The Bertz CT molecular complexity index is 1330. The van der Waals surface area contributed by atoms with Crippen LogP contribution >= 0.6 is 7.82 Å². The number of rotatable bonds is 10. The Kier molecular flexibility index (Phi) is 9.05. The number of nitrogens with one attached hydrogen (secondary N) is 1. The van der Waals surface area contributed by atoms with Crippen LogP contribution in [0.4, 0.5) is 0 Å². The Morgan fingerprint density at radius 2 is 2.05 bits per heavy atom. The van der Waals surface area contributed by atoms with Gasteiger partial charge in [-0.25, -0.2) is 4.79 Å². The van der Waals surface area contributed by atoms with Crippen LogP contribution in [0.25, 0.3) is 10.4 Å². The van der Waals surface area contributed by atoms with Crippen LogP contribution in [0.1, 0.15) is 37.6 Å². The highest BCUT2D eigenvalue weighted by molar-refractivity contribution is 7.45. The first-order valence-electron chi connectivity index (χ1n) is 11.0. The van der Waals surface area contributed by atoms with Gasteiger partial charge >= 0.3 is 11.7 Å². The van der Waals surface area contributed by atoms with Crippen LogP contribution in [0.15, 0.2) is 45.2 Å². The molecule has 5 atom stereocenters. The van der Waals surface area contributed by atoms with Gasteiger partial charge in [-0.3, -0.25) is 28.2 Å². The average Bonchev–Trinajstić information content (AvgIpc) is 3.24. The molecular formula is C21H25N5O10P-. The van der Waals surface area contributed by atoms with Gasteiger partial charge in [0.15, 0.2) is 6.29 Å². The van der Waals surface area contributed by atoms with Crippen molar-refractivity contribution in [1.82, 2.24) is 9.55 Å². The Morgan fingerprint density at radius 1 is 1.38 bits per heavy atom. The lowest BCUT2D eigenvalue weighted by atomic mass is 10.1. The summed E-state index contributed by atoms with van der Waals surface area (Å²) in [5, 5.41) is 13.9. The quantitative estimate of drug-likeness (QED) is 0.0842. The Balaban J connectivity index is 1.64. The summed E-state index contributed by atoms with van der Waals surface area (Å²) in [7, 11) is -5.09. The van der Waals surface area contributed by atoms with E-state index in [2.05, 4.69) is 15.0 Å². The summed E-state index contributed by atoms with van der Waals surface area (Å²) in [6.07, 6.45) is -3.58. The van der Waals surface area contributed by atoms with E-state index in [1.165, 1.54) is 37.4 Å². The van der Waals surface area contributed by atoms with Crippen molar-refractivity contribution in [3.05, 3.63) is 72.9 Å². The summed E-state index contributed by atoms with van der Waals surface area (Å²) in [5.41, 5.74) is 8.05. The van der Waals surface area contributed by atoms with Crippen LogP contribution in [0.2, 0.25) is 0 Å². The van der Waals surface area contributed by atoms with Crippen molar-refractivity contribution in [3.63, 3.8) is 0 Å². The van der Waals surface area contributed by atoms with Crippen LogP contribution in [0.3, 0.4) is 0 Å². The zero-order chi connectivity index (χ0) is 27.3. The second kappa shape index (κ2) is 11.8. The lowest BCUT2D eigenvalue weighted by Gasteiger charge is -2.29. The number of hydrogen-bond donors (Lipinski definition) is 2. The lowest BCUT2D eigenvalue weighted by molar-refractivity contribution is -0.252. The van der Waals surface area contributed by atoms with Crippen molar-refractivity contribution in [2.45, 2.75) is 58.5 Å². The molecule has 1 saturated heterocycles. The molecule has 0 saturated carbocycles. The highest BCUT2D eigenvalue weighted by Gasteiger charge is 2.42. The standard InChI is InChI=1S/C21H26N5O10P/c1-11(2)19(28)34-14-6-4-13(5-7-14)10-33-37(31,32)36-20(29)17-15(24-25-22)8-16(35-17)26-9-12(3)18(27)23-21(26)30/h4-7,9,11,15-17,20,29H,8,10H2,1-3H3,(H,31,32)(H,23,27,30)/p-1/t15?,16-,17+,20?/m1/s1. The topological polar surface area (TPSA) is 218 Å². The molecule has 0 radical (unpaired) electrons. The van der Waals surface area contributed by atoms with Crippen LogP contribution in [0.5, 0.6) is 5.75 Å². The molecule has 0 amide bonds. The molecule has 15 nitrogen and oxygen atoms in total. The number of phosphoric acid groups is 1. The molecule has 16 heteroatoms. The van der Waals surface area contributed by atoms with E-state index in [-0.39, 0.29) is 23.7 Å². The van der Waals surface area contributed by atoms with Gasteiger partial charge < -0.3 is 24.0 Å². The van der Waals surface area contributed by atoms with E-state index >= 15 is 0 Å². The summed E-state index contributed by atoms with van der Waals surface area (Å²) in [6, 6.07) is 4.77. The van der Waals surface area contributed by atoms with Gasteiger partial charge in [0.2, 0.25) is 0 Å². The van der Waals surface area contributed by atoms with Crippen LogP contribution in [-0.2, 0) is 29.8 Å². The van der Waals surface area contributed by atoms with Crippen molar-refractivity contribution < 1.29 is 37.9 Å². The minimum atomic E-state index is -5.09. The normalized spacial score (nSPS) is 21.7. The first-order valence-corrected chi connectivity index (χ1v) is 12.5. The number of ether oxygens (including phenoxy) is 2. The van der Waals surface area contributed by atoms with Gasteiger partial charge in [-0.1, -0.05) is 31.1 Å². The number of hydrogen-bond acceptors (Lipinski definition) is 11. The zero-order valence-electron chi connectivity index (χ0n) is 20.0. The molecule has 1 aromatic heterocycles. The number of aliphatic hydroxyl groups excluding tert-OH is 1. The summed E-state index contributed by atoms with van der Waals surface area (Å²) < 4.78 is 33.5. The van der Waals surface area contributed by atoms with E-state index in [9.17, 15) is 28.9 Å². The molecule has 3 rings (SSSR count). The predicted octanol–water partition coefficient (Wildman–Crippen LogP) is 1.39. The third kappa shape index (κ3) is 7.37. The minimum absolute atomic E-state index is 0.113. The van der Waals surface area contributed by atoms with Gasteiger partial charge in [0.25, 0.3) is 13.4 Å². The molecule has 2 heterocycles. The average molecular weight is 538 g/mol. The van der Waals surface area contributed by atoms with Gasteiger partial charge in [0, 0.05) is 23.1 Å². The van der Waals surface area contributed by atoms with E-state index < -0.39 is 56.3 Å². The highest BCUT2D eigenvalue weighted by Crippen LogP contribution is 2.43. The predicted molar refractivity (Wildman–Crippen MR) is 124 cm³/mol. The number of esters is 1. The molecule has 1 fully saturated rings. The molecule has 37 heavy (non-hydrogen) atoms. The number of nitrogens with zero attached hydrogens (tertiary/aromatic N) is 4. The smallest absolute Gasteiger partial charge is 0.330 e. The third-order valence-electron chi connectivity index (χ3n) is 5.31. The number of benzene rings is 1. The second-order valence-corrected chi connectivity index (χ2v) is 9.84. The first kappa shape index (κ1) is 28.3. The number of aromatic amines is 1. The van der Waals surface area contributed by atoms with E-state index in [4.69, 9.17) is 24.1 Å². The molecule has 0 bridgehead atoms. The molecule has 2 aromatic rings. The highest BCUT2D eigenvalue weighted by atomic mass is 31.2. The SMILES string of the molecule is Cc1cn([C@H]2CC(N=[N+]=[N-])[C@@H](C(O)OP(=O)([O-])OCc3ccc(OC(=O)C(C)C)cc3)O2)c(=O)[nH]c1=O. The number of aromatic nitrogens is 2. The van der Waals surface area contributed by atoms with Gasteiger partial charge in [0.05, 0.1) is 18.6 Å². The van der Waals surface area contributed by atoms with Crippen molar-refractivity contribution in [2.24, 2.45) is 11.0 Å². The molecule has 2 N–H and O–H groups in total. The van der Waals surface area contributed by atoms with E-state index in [0.29, 0.717) is 5.56 Å². The maximum Gasteiger partial charge on any atom is 0.330 e. The van der Waals surface area contributed by atoms with Crippen LogP contribution in [-0.4, -0.2) is 39.1 Å². The summed E-state index contributed by atoms with van der Waals surface area (Å²) in [6.45, 7) is 4.37. The van der Waals surface area contributed by atoms with Crippen LogP contribution in [0, 0.1) is 12.8 Å². The number of aliphatic hydroxyl groups is 1. The van der Waals surface area contributed by atoms with Gasteiger partial charge in [-0.15, -0.1) is 0 Å². The maximum absolute atomic E-state index is 12.3. The zero-order valence-corrected chi connectivity index (χ0v) is 20.9. The Labute approximate surface area is 209 Å². The molecular weight excluding hydrogens is 513 g/mol. The summed E-state index contributed by atoms with van der Waals surface area (Å²) in [4.78, 5) is 52.5. The number of aryl methyl sites for hydroxylation is 1. The first-order chi connectivity index (χ1) is 17.4. The van der Waals surface area contributed by atoms with Crippen molar-refractivity contribution in [1.29, 1.82) is 0 Å². The van der Waals surface area contributed by atoms with E-state index in [1.54, 1.807) is 13.8 Å². The van der Waals surface area contributed by atoms with Gasteiger partial charge in [-0.05, 0) is 30.2 Å². The number of azide groups is 1. The molecule has 1 aromatic carbocycles. The fourth-order valence-corrected chi connectivity index (χ4v) is 4.10. The number of phosphoric ester groups is 1. The van der Waals surface area contributed by atoms with Crippen LogP contribution < -0.4 is 20.9 Å². The molecule has 1 aliphatic rings. The molecule has 1 aliphatic heterocycles. The molecule has 200 valence electrons. The van der Waals surface area contributed by atoms with Gasteiger partial charge in [0.1, 0.15) is 18.1 Å². The number of H-pyrrole nitrogens is 1. The lowest BCUT2D eigenvalue weighted by Crippen LogP contribution is -2.37. The summed E-state index contributed by atoms with van der Waals surface area (Å²) in [5.74, 6) is -0.475. The molecule has 0 aliphatic carbocycles. The second-order valence-electron chi connectivity index (χ2n) is 8.48.